The van der Waals surface area contributed by atoms with Gasteiger partial charge in [-0.25, -0.2) is 4.79 Å². The Kier molecular flexibility index (Phi) is 7.18. The van der Waals surface area contributed by atoms with Gasteiger partial charge in [-0.05, 0) is 11.8 Å². The number of carbonyl (C=O) groups is 3. The molecule has 0 unspecified atom stereocenters. The number of hydrogen-bond acceptors (Lipinski definition) is 5. The standard InChI is InChI=1S/C12H20O5/c1-8(2)6-16-11(14)5-10(13)12(15)17-7-9(3)4/h8-9H,5-7H2,1-4H3. The molecule has 17 heavy (non-hydrogen) atoms. The first-order valence-electron chi connectivity index (χ1n) is 5.68. The van der Waals surface area contributed by atoms with E-state index < -0.39 is 24.1 Å². The Morgan fingerprint density at radius 2 is 1.35 bits per heavy atom. The summed E-state index contributed by atoms with van der Waals surface area (Å²) in [7, 11) is 0. The van der Waals surface area contributed by atoms with Crippen molar-refractivity contribution < 1.29 is 23.9 Å². The van der Waals surface area contributed by atoms with E-state index in [1.54, 1.807) is 0 Å². The van der Waals surface area contributed by atoms with E-state index in [4.69, 9.17) is 9.47 Å². The van der Waals surface area contributed by atoms with Crippen molar-refractivity contribution in [1.29, 1.82) is 0 Å². The van der Waals surface area contributed by atoms with Crippen molar-refractivity contribution in [1.82, 2.24) is 0 Å². The summed E-state index contributed by atoms with van der Waals surface area (Å²) in [6.07, 6.45) is -0.552. The summed E-state index contributed by atoms with van der Waals surface area (Å²) in [4.78, 5) is 33.5. The minimum atomic E-state index is -0.972. The smallest absolute Gasteiger partial charge is 0.375 e. The van der Waals surface area contributed by atoms with Gasteiger partial charge in [0, 0.05) is 0 Å². The van der Waals surface area contributed by atoms with Gasteiger partial charge in [-0.3, -0.25) is 9.59 Å². The molecule has 0 aromatic rings. The molecule has 5 heteroatoms. The molecule has 98 valence electrons. The number of rotatable bonds is 7. The zero-order valence-corrected chi connectivity index (χ0v) is 10.8. The molecule has 0 saturated carbocycles. The van der Waals surface area contributed by atoms with E-state index in [0.29, 0.717) is 0 Å². The topological polar surface area (TPSA) is 69.7 Å². The van der Waals surface area contributed by atoms with Crippen molar-refractivity contribution in [2.75, 3.05) is 13.2 Å². The summed E-state index contributed by atoms with van der Waals surface area (Å²) in [6, 6.07) is 0. The lowest BCUT2D eigenvalue weighted by Crippen LogP contribution is -2.23. The van der Waals surface area contributed by atoms with Crippen molar-refractivity contribution in [3.63, 3.8) is 0 Å². The average molecular weight is 244 g/mol. The molecule has 0 saturated heterocycles. The Labute approximate surface area is 101 Å². The molecule has 0 rings (SSSR count). The van der Waals surface area contributed by atoms with Gasteiger partial charge in [0.25, 0.3) is 5.78 Å². The van der Waals surface area contributed by atoms with Crippen LogP contribution in [0.2, 0.25) is 0 Å². The molecule has 0 bridgehead atoms. The van der Waals surface area contributed by atoms with Crippen LogP contribution in [-0.4, -0.2) is 30.9 Å². The zero-order valence-electron chi connectivity index (χ0n) is 10.8. The third-order valence-electron chi connectivity index (χ3n) is 1.66. The summed E-state index contributed by atoms with van der Waals surface area (Å²) in [5.74, 6) is -2.17. The van der Waals surface area contributed by atoms with E-state index in [2.05, 4.69) is 0 Å². The number of carbonyl (C=O) groups excluding carboxylic acids is 3. The minimum absolute atomic E-state index is 0.152. The molecular formula is C12H20O5. The van der Waals surface area contributed by atoms with Gasteiger partial charge >= 0.3 is 11.9 Å². The molecule has 0 heterocycles. The molecule has 0 N–H and O–H groups in total. The van der Waals surface area contributed by atoms with Crippen LogP contribution in [0, 0.1) is 11.8 Å². The molecular weight excluding hydrogens is 224 g/mol. The van der Waals surface area contributed by atoms with Gasteiger partial charge in [-0.1, -0.05) is 27.7 Å². The SMILES string of the molecule is CC(C)COC(=O)CC(=O)C(=O)OCC(C)C. The highest BCUT2D eigenvalue weighted by Crippen LogP contribution is 1.98. The second-order valence-corrected chi connectivity index (χ2v) is 4.67. The average Bonchev–Trinajstić information content (AvgIpc) is 2.22. The number of Topliss-reactive ketones (excluding diaryl/α,β-unsaturated/α-hetero) is 1. The lowest BCUT2D eigenvalue weighted by molar-refractivity contribution is -0.158. The Bertz CT molecular complexity index is 281. The van der Waals surface area contributed by atoms with Gasteiger partial charge in [-0.15, -0.1) is 0 Å². The summed E-state index contributed by atoms with van der Waals surface area (Å²) >= 11 is 0. The maximum absolute atomic E-state index is 11.2. The van der Waals surface area contributed by atoms with E-state index in [1.165, 1.54) is 0 Å². The monoisotopic (exact) mass is 244 g/mol. The van der Waals surface area contributed by atoms with E-state index in [1.807, 2.05) is 27.7 Å². The van der Waals surface area contributed by atoms with Gasteiger partial charge in [-0.2, -0.15) is 0 Å². The molecule has 5 nitrogen and oxygen atoms in total. The molecule has 0 aliphatic rings. The van der Waals surface area contributed by atoms with Crippen LogP contribution in [0.5, 0.6) is 0 Å². The van der Waals surface area contributed by atoms with Crippen LogP contribution in [0.25, 0.3) is 0 Å². The lowest BCUT2D eigenvalue weighted by atomic mass is 10.2. The number of ketones is 1. The van der Waals surface area contributed by atoms with Gasteiger partial charge in [0.05, 0.1) is 13.2 Å². The largest absolute Gasteiger partial charge is 0.465 e. The van der Waals surface area contributed by atoms with Crippen LogP contribution in [0.3, 0.4) is 0 Å². The van der Waals surface area contributed by atoms with E-state index >= 15 is 0 Å². The van der Waals surface area contributed by atoms with Crippen molar-refractivity contribution in [2.24, 2.45) is 11.8 Å². The quantitative estimate of drug-likeness (QED) is 0.384. The molecule has 0 radical (unpaired) electrons. The molecule has 0 atom stereocenters. The van der Waals surface area contributed by atoms with Gasteiger partial charge in [0.15, 0.2) is 0 Å². The highest BCUT2D eigenvalue weighted by atomic mass is 16.5. The van der Waals surface area contributed by atoms with Crippen LogP contribution in [0.4, 0.5) is 0 Å². The Balaban J connectivity index is 3.91. The van der Waals surface area contributed by atoms with Crippen molar-refractivity contribution >= 4 is 17.7 Å². The maximum Gasteiger partial charge on any atom is 0.375 e. The molecule has 0 aromatic carbocycles. The first-order chi connectivity index (χ1) is 7.82. The number of hydrogen-bond donors (Lipinski definition) is 0. The van der Waals surface area contributed by atoms with Crippen LogP contribution in [-0.2, 0) is 23.9 Å². The van der Waals surface area contributed by atoms with Crippen molar-refractivity contribution in [2.45, 2.75) is 34.1 Å². The number of esters is 2. The predicted octanol–water partition coefficient (Wildman–Crippen LogP) is 1.34. The molecule has 0 aliphatic carbocycles. The first kappa shape index (κ1) is 15.6. The van der Waals surface area contributed by atoms with Crippen molar-refractivity contribution in [3.8, 4) is 0 Å². The van der Waals surface area contributed by atoms with E-state index in [9.17, 15) is 14.4 Å². The normalized spacial score (nSPS) is 10.5. The summed E-state index contributed by atoms with van der Waals surface area (Å²) < 4.78 is 9.48. The lowest BCUT2D eigenvalue weighted by Gasteiger charge is -2.07. The summed E-state index contributed by atoms with van der Waals surface area (Å²) in [6.45, 7) is 7.89. The Morgan fingerprint density at radius 3 is 1.82 bits per heavy atom. The van der Waals surface area contributed by atoms with E-state index in [-0.39, 0.29) is 25.0 Å². The molecule has 0 spiro atoms. The third kappa shape index (κ3) is 8.42. The molecule has 0 aromatic heterocycles. The number of ether oxygens (including phenoxy) is 2. The fraction of sp³-hybridized carbons (Fsp3) is 0.750. The maximum atomic E-state index is 11.2. The van der Waals surface area contributed by atoms with Gasteiger partial charge < -0.3 is 9.47 Å². The molecule has 0 fully saturated rings. The first-order valence-corrected chi connectivity index (χ1v) is 5.68. The molecule has 0 aliphatic heterocycles. The van der Waals surface area contributed by atoms with Crippen molar-refractivity contribution in [3.05, 3.63) is 0 Å². The van der Waals surface area contributed by atoms with Crippen LogP contribution >= 0.6 is 0 Å². The fourth-order valence-corrected chi connectivity index (χ4v) is 0.837. The Morgan fingerprint density at radius 1 is 0.882 bits per heavy atom. The highest BCUT2D eigenvalue weighted by molar-refractivity contribution is 6.36. The molecule has 0 amide bonds. The Hall–Kier alpha value is -1.39. The third-order valence-corrected chi connectivity index (χ3v) is 1.66. The second kappa shape index (κ2) is 7.81. The minimum Gasteiger partial charge on any atom is -0.465 e. The van der Waals surface area contributed by atoms with Gasteiger partial charge in [0.1, 0.15) is 6.42 Å². The second-order valence-electron chi connectivity index (χ2n) is 4.67. The fourth-order valence-electron chi connectivity index (χ4n) is 0.837. The van der Waals surface area contributed by atoms with Gasteiger partial charge in [0.2, 0.25) is 0 Å². The highest BCUT2D eigenvalue weighted by Gasteiger charge is 2.20. The summed E-state index contributed by atoms with van der Waals surface area (Å²) in [5, 5.41) is 0. The zero-order chi connectivity index (χ0) is 13.4. The summed E-state index contributed by atoms with van der Waals surface area (Å²) in [5.41, 5.74) is 0. The van der Waals surface area contributed by atoms with E-state index in [0.717, 1.165) is 0 Å². The van der Waals surface area contributed by atoms with Crippen LogP contribution < -0.4 is 0 Å². The van der Waals surface area contributed by atoms with Crippen LogP contribution in [0.15, 0.2) is 0 Å². The van der Waals surface area contributed by atoms with Crippen LogP contribution in [0.1, 0.15) is 34.1 Å². The predicted molar refractivity (Wildman–Crippen MR) is 61.2 cm³/mol.